The van der Waals surface area contributed by atoms with Gasteiger partial charge in [-0.15, -0.1) is 0 Å². The number of rotatable bonds is 7. The van der Waals surface area contributed by atoms with Crippen LogP contribution >= 0.6 is 0 Å². The molecule has 5 aromatic rings. The number of nitrogens with zero attached hydrogens (tertiary/aromatic N) is 3. The zero-order valence-corrected chi connectivity index (χ0v) is 21.2. The Bertz CT molecular complexity index is 1690. The second kappa shape index (κ2) is 9.57. The molecule has 8 nitrogen and oxygen atoms in total. The second-order valence-electron chi connectivity index (χ2n) is 9.08. The van der Waals surface area contributed by atoms with Crippen molar-refractivity contribution in [1.82, 2.24) is 24.6 Å². The molecule has 0 spiro atoms. The van der Waals surface area contributed by atoms with Crippen LogP contribution in [0.15, 0.2) is 53.6 Å². The van der Waals surface area contributed by atoms with E-state index in [4.69, 9.17) is 4.74 Å². The zero-order valence-electron chi connectivity index (χ0n) is 21.2. The molecule has 0 aliphatic rings. The van der Waals surface area contributed by atoms with Crippen molar-refractivity contribution in [2.24, 2.45) is 7.05 Å². The monoisotopic (exact) mass is 501 g/mol. The third kappa shape index (κ3) is 4.26. The van der Waals surface area contributed by atoms with Crippen LogP contribution in [0.1, 0.15) is 28.5 Å². The fourth-order valence-corrected chi connectivity index (χ4v) is 4.65. The Morgan fingerprint density at radius 1 is 1.16 bits per heavy atom. The lowest BCUT2D eigenvalue weighted by Gasteiger charge is -2.17. The number of fused-ring (bicyclic) bond motifs is 2. The number of H-pyrrole nitrogens is 1. The van der Waals surface area contributed by atoms with E-state index < -0.39 is 6.67 Å². The number of hydrogen-bond donors (Lipinski definition) is 2. The van der Waals surface area contributed by atoms with Crippen molar-refractivity contribution in [3.63, 3.8) is 0 Å². The predicted octanol–water partition coefficient (Wildman–Crippen LogP) is 5.01. The van der Waals surface area contributed by atoms with Gasteiger partial charge in [-0.05, 0) is 50.1 Å². The van der Waals surface area contributed by atoms with Crippen LogP contribution in [0.25, 0.3) is 32.9 Å². The largest absolute Gasteiger partial charge is 0.456 e. The quantitative estimate of drug-likeness (QED) is 0.328. The van der Waals surface area contributed by atoms with E-state index in [0.717, 1.165) is 27.8 Å². The predicted molar refractivity (Wildman–Crippen MR) is 142 cm³/mol. The van der Waals surface area contributed by atoms with E-state index in [-0.39, 0.29) is 18.0 Å². The number of aromatic nitrogens is 4. The number of benzene rings is 2. The lowest BCUT2D eigenvalue weighted by molar-refractivity contribution is 0.0951. The van der Waals surface area contributed by atoms with Crippen LogP contribution in [0.5, 0.6) is 11.5 Å². The topological polar surface area (TPSA) is 93.9 Å². The van der Waals surface area contributed by atoms with Crippen LogP contribution in [-0.4, -0.2) is 38.5 Å². The summed E-state index contributed by atoms with van der Waals surface area (Å²) in [4.78, 5) is 28.6. The Balaban J connectivity index is 1.80. The maximum Gasteiger partial charge on any atom is 0.274 e. The van der Waals surface area contributed by atoms with Gasteiger partial charge in [0, 0.05) is 41.7 Å². The van der Waals surface area contributed by atoms with Crippen molar-refractivity contribution < 1.29 is 13.9 Å². The number of amides is 1. The van der Waals surface area contributed by atoms with Gasteiger partial charge < -0.3 is 19.6 Å². The molecule has 5 rings (SSSR count). The van der Waals surface area contributed by atoms with Gasteiger partial charge in [-0.1, -0.05) is 18.2 Å². The van der Waals surface area contributed by atoms with Gasteiger partial charge in [0.1, 0.15) is 29.4 Å². The minimum Gasteiger partial charge on any atom is -0.456 e. The lowest BCUT2D eigenvalue weighted by atomic mass is 10.0. The number of alkyl halides is 1. The maximum absolute atomic E-state index is 13.2. The summed E-state index contributed by atoms with van der Waals surface area (Å²) in [5, 5.41) is 8.51. The second-order valence-corrected chi connectivity index (χ2v) is 9.08. The standard InChI is InChI=1S/C28H28FN5O3/c1-5-30-27(35)22-12-20-21(15-33(4)28(36)25(20)32-22)19-13-23-18(14-31-34(23)10-9-29)11-24(19)37-26-16(2)7-6-8-17(26)3/h6-8,11-15,32H,5,9-10H2,1-4H3,(H,30,35). The summed E-state index contributed by atoms with van der Waals surface area (Å²) in [6, 6.07) is 11.4. The number of ether oxygens (including phenoxy) is 1. The van der Waals surface area contributed by atoms with E-state index in [9.17, 15) is 14.0 Å². The number of carbonyl (C=O) groups is 1. The van der Waals surface area contributed by atoms with Gasteiger partial charge in [-0.3, -0.25) is 14.3 Å². The number of carbonyl (C=O) groups excluding carboxylic acids is 1. The molecule has 2 N–H and O–H groups in total. The average Bonchev–Trinajstić information content (AvgIpc) is 3.49. The van der Waals surface area contributed by atoms with E-state index in [1.54, 1.807) is 30.2 Å². The van der Waals surface area contributed by atoms with E-state index >= 15 is 0 Å². The van der Waals surface area contributed by atoms with E-state index in [0.29, 0.717) is 40.0 Å². The minimum absolute atomic E-state index is 0.119. The first kappa shape index (κ1) is 24.3. The first-order chi connectivity index (χ1) is 17.8. The highest BCUT2D eigenvalue weighted by Crippen LogP contribution is 2.41. The molecule has 3 heterocycles. The first-order valence-corrected chi connectivity index (χ1v) is 12.1. The Hall–Kier alpha value is -4.40. The molecule has 0 aliphatic carbocycles. The Labute approximate surface area is 212 Å². The summed E-state index contributed by atoms with van der Waals surface area (Å²) >= 11 is 0. The number of halogens is 1. The molecular formula is C28H28FN5O3. The van der Waals surface area contributed by atoms with E-state index in [1.807, 2.05) is 51.1 Å². The van der Waals surface area contributed by atoms with Crippen LogP contribution in [0.4, 0.5) is 4.39 Å². The summed E-state index contributed by atoms with van der Waals surface area (Å²) in [7, 11) is 1.66. The molecule has 190 valence electrons. The van der Waals surface area contributed by atoms with Gasteiger partial charge in [0.05, 0.1) is 18.3 Å². The number of hydrogen-bond acceptors (Lipinski definition) is 4. The normalized spacial score (nSPS) is 11.4. The fourth-order valence-electron chi connectivity index (χ4n) is 4.65. The van der Waals surface area contributed by atoms with Crippen molar-refractivity contribution in [2.45, 2.75) is 27.3 Å². The van der Waals surface area contributed by atoms with Crippen molar-refractivity contribution >= 4 is 27.7 Å². The molecule has 1 amide bonds. The number of aromatic amines is 1. The van der Waals surface area contributed by atoms with E-state index in [1.165, 1.54) is 4.57 Å². The number of aryl methyl sites for hydroxylation is 4. The van der Waals surface area contributed by atoms with Crippen LogP contribution in [0, 0.1) is 13.8 Å². The molecule has 0 saturated carbocycles. The van der Waals surface area contributed by atoms with Gasteiger partial charge in [-0.25, -0.2) is 4.39 Å². The average molecular weight is 502 g/mol. The maximum atomic E-state index is 13.2. The molecule has 0 saturated heterocycles. The number of para-hydroxylation sites is 1. The van der Waals surface area contributed by atoms with Crippen LogP contribution in [0.2, 0.25) is 0 Å². The molecule has 0 aliphatic heterocycles. The van der Waals surface area contributed by atoms with Crippen molar-refractivity contribution in [2.75, 3.05) is 13.2 Å². The molecule has 0 atom stereocenters. The van der Waals surface area contributed by atoms with Crippen molar-refractivity contribution in [3.05, 3.63) is 76.0 Å². The van der Waals surface area contributed by atoms with Gasteiger partial charge >= 0.3 is 0 Å². The van der Waals surface area contributed by atoms with Crippen molar-refractivity contribution in [3.8, 4) is 22.6 Å². The van der Waals surface area contributed by atoms with Gasteiger partial charge in [0.15, 0.2) is 0 Å². The molecule has 2 aromatic carbocycles. The number of pyridine rings is 1. The first-order valence-electron chi connectivity index (χ1n) is 12.1. The van der Waals surface area contributed by atoms with Crippen LogP contribution in [-0.2, 0) is 13.6 Å². The van der Waals surface area contributed by atoms with Gasteiger partial charge in [0.25, 0.3) is 11.5 Å². The molecule has 0 bridgehead atoms. The number of nitrogens with one attached hydrogen (secondary N) is 2. The third-order valence-electron chi connectivity index (χ3n) is 6.50. The molecule has 0 radical (unpaired) electrons. The smallest absolute Gasteiger partial charge is 0.274 e. The van der Waals surface area contributed by atoms with Gasteiger partial charge in [0.2, 0.25) is 0 Å². The SMILES string of the molecule is CCNC(=O)c1cc2c(-c3cc4c(cnn4CCF)cc3Oc3c(C)cccc3C)cn(C)c(=O)c2[nH]1. The van der Waals surface area contributed by atoms with Crippen molar-refractivity contribution in [1.29, 1.82) is 0 Å². The zero-order chi connectivity index (χ0) is 26.3. The summed E-state index contributed by atoms with van der Waals surface area (Å²) in [6.07, 6.45) is 3.42. The third-order valence-corrected chi connectivity index (χ3v) is 6.50. The lowest BCUT2D eigenvalue weighted by Crippen LogP contribution is -2.23. The summed E-state index contributed by atoms with van der Waals surface area (Å²) < 4.78 is 22.9. The molecule has 0 unspecified atom stereocenters. The molecular weight excluding hydrogens is 473 g/mol. The Morgan fingerprint density at radius 3 is 2.62 bits per heavy atom. The molecule has 37 heavy (non-hydrogen) atoms. The highest BCUT2D eigenvalue weighted by Gasteiger charge is 2.21. The summed E-state index contributed by atoms with van der Waals surface area (Å²) in [5.41, 5.74) is 4.43. The Kier molecular flexibility index (Phi) is 6.29. The molecule has 0 fully saturated rings. The highest BCUT2D eigenvalue weighted by molar-refractivity contribution is 6.04. The molecule has 3 aromatic heterocycles. The minimum atomic E-state index is -0.551. The van der Waals surface area contributed by atoms with Crippen LogP contribution in [0.3, 0.4) is 0 Å². The van der Waals surface area contributed by atoms with E-state index in [2.05, 4.69) is 15.4 Å². The fraction of sp³-hybridized carbons (Fsp3) is 0.250. The summed E-state index contributed by atoms with van der Waals surface area (Å²) in [5.74, 6) is 0.998. The Morgan fingerprint density at radius 2 is 1.92 bits per heavy atom. The summed E-state index contributed by atoms with van der Waals surface area (Å²) in [6.45, 7) is 5.82. The van der Waals surface area contributed by atoms with Crippen LogP contribution < -0.4 is 15.6 Å². The highest BCUT2D eigenvalue weighted by atomic mass is 19.1. The molecule has 9 heteroatoms. The van der Waals surface area contributed by atoms with Gasteiger partial charge in [-0.2, -0.15) is 5.10 Å².